The fraction of sp³-hybridized carbons (Fsp3) is 0.667. The van der Waals surface area contributed by atoms with Crippen LogP contribution in [0.1, 0.15) is 0 Å². The number of primary amides is 1. The SMILES string of the molecule is NC=O.OCCO. The average molecular weight is 107 g/mol. The molecular formula is C3H9NO3. The van der Waals surface area contributed by atoms with Crippen molar-refractivity contribution in [2.45, 2.75) is 0 Å². The summed E-state index contributed by atoms with van der Waals surface area (Å²) in [5, 5.41) is 15.2. The third-order valence-corrected chi connectivity index (χ3v) is 0.1000. The minimum absolute atomic E-state index is 0.125. The molecule has 0 fully saturated rings. The molecule has 0 saturated carbocycles. The van der Waals surface area contributed by atoms with E-state index in [4.69, 9.17) is 15.0 Å². The zero-order valence-electron chi connectivity index (χ0n) is 3.87. The lowest BCUT2D eigenvalue weighted by atomic mass is 10.8. The molecule has 0 aromatic carbocycles. The van der Waals surface area contributed by atoms with Crippen LogP contribution in [0.3, 0.4) is 0 Å². The Kier molecular flexibility index (Phi) is 25.0. The van der Waals surface area contributed by atoms with Gasteiger partial charge in [-0.05, 0) is 0 Å². The molecule has 0 bridgehead atoms. The maximum absolute atomic E-state index is 8.58. The standard InChI is InChI=1S/C2H6O2.CH3NO/c3-1-2-4;2-1-3/h3-4H,1-2H2;1H,(H2,2,3). The van der Waals surface area contributed by atoms with Crippen molar-refractivity contribution in [3.63, 3.8) is 0 Å². The average Bonchev–Trinajstić information content (AvgIpc) is 1.69. The summed E-state index contributed by atoms with van der Waals surface area (Å²) in [5.74, 6) is 0. The first-order chi connectivity index (χ1) is 3.33. The summed E-state index contributed by atoms with van der Waals surface area (Å²) in [6, 6.07) is 0. The molecule has 4 N–H and O–H groups in total. The number of hydrogen-bond donors (Lipinski definition) is 3. The molecule has 0 aliphatic heterocycles. The van der Waals surface area contributed by atoms with Gasteiger partial charge in [0, 0.05) is 0 Å². The van der Waals surface area contributed by atoms with E-state index in [0.717, 1.165) is 0 Å². The maximum atomic E-state index is 8.58. The molecule has 0 aromatic heterocycles. The number of carbonyl (C=O) groups excluding carboxylic acids is 1. The molecule has 0 saturated heterocycles. The second kappa shape index (κ2) is 18.2. The van der Waals surface area contributed by atoms with Crippen LogP contribution >= 0.6 is 0 Å². The lowest BCUT2D eigenvalue weighted by Crippen LogP contribution is -1.85. The zero-order chi connectivity index (χ0) is 6.12. The van der Waals surface area contributed by atoms with E-state index in [0.29, 0.717) is 0 Å². The van der Waals surface area contributed by atoms with Crippen molar-refractivity contribution in [2.24, 2.45) is 5.73 Å². The summed E-state index contributed by atoms with van der Waals surface area (Å²) in [4.78, 5) is 8.58. The lowest BCUT2D eigenvalue weighted by Gasteiger charge is -1.70. The number of aliphatic hydroxyl groups is 2. The Morgan fingerprint density at radius 3 is 1.57 bits per heavy atom. The summed E-state index contributed by atoms with van der Waals surface area (Å²) in [7, 11) is 0. The smallest absolute Gasteiger partial charge is 0.204 e. The van der Waals surface area contributed by atoms with Crippen LogP contribution < -0.4 is 5.73 Å². The summed E-state index contributed by atoms with van der Waals surface area (Å²) in [5.41, 5.74) is 4.17. The molecule has 0 heterocycles. The Morgan fingerprint density at radius 1 is 1.43 bits per heavy atom. The Bertz CT molecular complexity index is 29.4. The highest BCUT2D eigenvalue weighted by Gasteiger charge is 1.58. The number of aliphatic hydroxyl groups excluding tert-OH is 2. The molecular weight excluding hydrogens is 98.0 g/mol. The van der Waals surface area contributed by atoms with Crippen LogP contribution in [0, 0.1) is 0 Å². The second-order valence-electron chi connectivity index (χ2n) is 0.583. The third kappa shape index (κ3) is 407. The minimum Gasteiger partial charge on any atom is -0.394 e. The largest absolute Gasteiger partial charge is 0.394 e. The molecule has 4 heteroatoms. The van der Waals surface area contributed by atoms with E-state index >= 15 is 0 Å². The van der Waals surface area contributed by atoms with Crippen LogP contribution in [0.25, 0.3) is 0 Å². The second-order valence-corrected chi connectivity index (χ2v) is 0.583. The van der Waals surface area contributed by atoms with Gasteiger partial charge in [0.1, 0.15) is 0 Å². The first-order valence-electron chi connectivity index (χ1n) is 1.70. The van der Waals surface area contributed by atoms with E-state index in [9.17, 15) is 0 Å². The van der Waals surface area contributed by atoms with Gasteiger partial charge in [0.25, 0.3) is 0 Å². The van der Waals surface area contributed by atoms with Crippen LogP contribution in [-0.2, 0) is 4.79 Å². The van der Waals surface area contributed by atoms with Crippen LogP contribution in [0.4, 0.5) is 0 Å². The number of amides is 1. The first kappa shape index (κ1) is 9.63. The summed E-state index contributed by atoms with van der Waals surface area (Å²) < 4.78 is 0. The molecule has 1 amide bonds. The molecule has 0 unspecified atom stereocenters. The van der Waals surface area contributed by atoms with Crippen molar-refractivity contribution in [2.75, 3.05) is 13.2 Å². The highest BCUT2D eigenvalue weighted by molar-refractivity contribution is 5.42. The molecule has 4 nitrogen and oxygen atoms in total. The maximum Gasteiger partial charge on any atom is 0.204 e. The fourth-order valence-electron chi connectivity index (χ4n) is 0. The first-order valence-corrected chi connectivity index (χ1v) is 1.70. The van der Waals surface area contributed by atoms with Gasteiger partial charge in [-0.3, -0.25) is 4.79 Å². The van der Waals surface area contributed by atoms with Crippen molar-refractivity contribution < 1.29 is 15.0 Å². The normalized spacial score (nSPS) is 6.00. The van der Waals surface area contributed by atoms with Crippen molar-refractivity contribution in [1.29, 1.82) is 0 Å². The number of hydrogen-bond acceptors (Lipinski definition) is 3. The van der Waals surface area contributed by atoms with Crippen LogP contribution in [0.15, 0.2) is 0 Å². The van der Waals surface area contributed by atoms with E-state index in [2.05, 4.69) is 5.73 Å². The van der Waals surface area contributed by atoms with Gasteiger partial charge >= 0.3 is 0 Å². The number of carbonyl (C=O) groups is 1. The monoisotopic (exact) mass is 107 g/mol. The van der Waals surface area contributed by atoms with Gasteiger partial charge in [-0.25, -0.2) is 0 Å². The van der Waals surface area contributed by atoms with E-state index in [-0.39, 0.29) is 19.6 Å². The third-order valence-electron chi connectivity index (χ3n) is 0.1000. The van der Waals surface area contributed by atoms with Crippen LogP contribution in [0.5, 0.6) is 0 Å². The molecule has 0 aromatic rings. The Labute approximate surface area is 41.6 Å². The lowest BCUT2D eigenvalue weighted by molar-refractivity contribution is -0.106. The van der Waals surface area contributed by atoms with Crippen molar-refractivity contribution in [3.05, 3.63) is 0 Å². The Hall–Kier alpha value is -0.610. The van der Waals surface area contributed by atoms with E-state index in [1.807, 2.05) is 0 Å². The highest BCUT2D eigenvalue weighted by Crippen LogP contribution is 1.39. The number of nitrogens with two attached hydrogens (primary N) is 1. The van der Waals surface area contributed by atoms with Gasteiger partial charge in [-0.15, -0.1) is 0 Å². The quantitative estimate of drug-likeness (QED) is 0.341. The van der Waals surface area contributed by atoms with Gasteiger partial charge in [0.05, 0.1) is 13.2 Å². The molecule has 44 valence electrons. The van der Waals surface area contributed by atoms with E-state index in [1.54, 1.807) is 0 Å². The zero-order valence-corrected chi connectivity index (χ0v) is 3.87. The Balaban J connectivity index is 0. The van der Waals surface area contributed by atoms with E-state index < -0.39 is 0 Å². The van der Waals surface area contributed by atoms with Crippen LogP contribution in [0.2, 0.25) is 0 Å². The van der Waals surface area contributed by atoms with E-state index in [1.165, 1.54) is 0 Å². The molecule has 0 atom stereocenters. The number of rotatable bonds is 1. The minimum atomic E-state index is -0.125. The van der Waals surface area contributed by atoms with Crippen molar-refractivity contribution >= 4 is 6.41 Å². The van der Waals surface area contributed by atoms with Gasteiger partial charge in [-0.2, -0.15) is 0 Å². The van der Waals surface area contributed by atoms with Crippen molar-refractivity contribution in [3.8, 4) is 0 Å². The van der Waals surface area contributed by atoms with Gasteiger partial charge in [0.2, 0.25) is 6.41 Å². The molecule has 0 radical (unpaired) electrons. The molecule has 7 heavy (non-hydrogen) atoms. The molecule has 0 spiro atoms. The van der Waals surface area contributed by atoms with Crippen molar-refractivity contribution in [1.82, 2.24) is 0 Å². The fourth-order valence-corrected chi connectivity index (χ4v) is 0. The van der Waals surface area contributed by atoms with Gasteiger partial charge in [0.15, 0.2) is 0 Å². The molecule has 0 aliphatic rings. The predicted octanol–water partition coefficient (Wildman–Crippen LogP) is -1.93. The summed E-state index contributed by atoms with van der Waals surface area (Å²) in [6.07, 6.45) is 0.250. The summed E-state index contributed by atoms with van der Waals surface area (Å²) in [6.45, 7) is -0.250. The predicted molar refractivity (Wildman–Crippen MR) is 24.4 cm³/mol. The van der Waals surface area contributed by atoms with Gasteiger partial charge in [-0.1, -0.05) is 0 Å². The van der Waals surface area contributed by atoms with Gasteiger partial charge < -0.3 is 15.9 Å². The Morgan fingerprint density at radius 2 is 1.57 bits per heavy atom. The topological polar surface area (TPSA) is 83.6 Å². The highest BCUT2D eigenvalue weighted by atomic mass is 16.3. The summed E-state index contributed by atoms with van der Waals surface area (Å²) >= 11 is 0. The molecule has 0 aliphatic carbocycles. The molecule has 0 rings (SSSR count). The van der Waals surface area contributed by atoms with Crippen LogP contribution in [-0.4, -0.2) is 29.8 Å².